The third-order valence-corrected chi connectivity index (χ3v) is 4.12. The molecule has 2 fully saturated rings. The van der Waals surface area contributed by atoms with Gasteiger partial charge in [-0.2, -0.15) is 0 Å². The summed E-state index contributed by atoms with van der Waals surface area (Å²) in [5.41, 5.74) is 0. The second-order valence-corrected chi connectivity index (χ2v) is 5.63. The van der Waals surface area contributed by atoms with Gasteiger partial charge in [0.15, 0.2) is 0 Å². The molecule has 2 aliphatic carbocycles. The van der Waals surface area contributed by atoms with Crippen molar-refractivity contribution in [1.82, 2.24) is 0 Å². The fourth-order valence-corrected chi connectivity index (χ4v) is 2.79. The highest BCUT2D eigenvalue weighted by atomic mass is 16.5. The molecule has 0 amide bonds. The fraction of sp³-hybridized carbons (Fsp3) is 0.857. The summed E-state index contributed by atoms with van der Waals surface area (Å²) < 4.78 is 5.52. The third-order valence-electron chi connectivity index (χ3n) is 4.12. The lowest BCUT2D eigenvalue weighted by Crippen LogP contribution is -2.29. The first-order valence-corrected chi connectivity index (χ1v) is 6.87. The van der Waals surface area contributed by atoms with Crippen LogP contribution in [0.25, 0.3) is 0 Å². The van der Waals surface area contributed by atoms with E-state index < -0.39 is 0 Å². The van der Waals surface area contributed by atoms with E-state index in [-0.39, 0.29) is 18.0 Å². The van der Waals surface area contributed by atoms with E-state index in [1.54, 1.807) is 0 Å². The average Bonchev–Trinajstić information content (AvgIpc) is 2.33. The molecular formula is C14H22O3. The van der Waals surface area contributed by atoms with Crippen molar-refractivity contribution in [1.29, 1.82) is 0 Å². The van der Waals surface area contributed by atoms with E-state index in [2.05, 4.69) is 6.92 Å². The van der Waals surface area contributed by atoms with Crippen LogP contribution in [0, 0.1) is 11.8 Å². The molecule has 0 radical (unpaired) electrons. The van der Waals surface area contributed by atoms with Crippen molar-refractivity contribution in [3.63, 3.8) is 0 Å². The van der Waals surface area contributed by atoms with E-state index in [4.69, 9.17) is 4.74 Å². The van der Waals surface area contributed by atoms with Gasteiger partial charge in [-0.3, -0.25) is 9.59 Å². The molecule has 3 nitrogen and oxygen atoms in total. The van der Waals surface area contributed by atoms with Gasteiger partial charge < -0.3 is 4.74 Å². The third kappa shape index (κ3) is 3.55. The molecule has 2 aliphatic rings. The largest absolute Gasteiger partial charge is 0.462 e. The molecule has 0 aromatic rings. The summed E-state index contributed by atoms with van der Waals surface area (Å²) >= 11 is 0. The number of hydrogen-bond donors (Lipinski definition) is 0. The Bertz CT molecular complexity index is 280. The minimum Gasteiger partial charge on any atom is -0.462 e. The van der Waals surface area contributed by atoms with Crippen LogP contribution in [0.5, 0.6) is 0 Å². The van der Waals surface area contributed by atoms with Crippen molar-refractivity contribution in [3.8, 4) is 0 Å². The fourth-order valence-electron chi connectivity index (χ4n) is 2.79. The van der Waals surface area contributed by atoms with E-state index in [1.165, 1.54) is 0 Å². The number of ether oxygens (including phenoxy) is 1. The lowest BCUT2D eigenvalue weighted by Gasteiger charge is -2.28. The maximum absolute atomic E-state index is 11.9. The molecule has 3 heteroatoms. The molecule has 96 valence electrons. The standard InChI is InChI=1S/C14H22O3/c1-10-2-4-11(5-3-10)14(16)17-13-8-6-12(15)7-9-13/h10-11,13H,2-9H2,1H3. The molecule has 2 saturated carbocycles. The zero-order valence-electron chi connectivity index (χ0n) is 10.6. The average molecular weight is 238 g/mol. The van der Waals surface area contributed by atoms with E-state index in [9.17, 15) is 9.59 Å². The van der Waals surface area contributed by atoms with Gasteiger partial charge in [0, 0.05) is 12.8 Å². The van der Waals surface area contributed by atoms with Crippen LogP contribution in [-0.2, 0) is 14.3 Å². The number of carbonyl (C=O) groups excluding carboxylic acids is 2. The topological polar surface area (TPSA) is 43.4 Å². The van der Waals surface area contributed by atoms with E-state index >= 15 is 0 Å². The summed E-state index contributed by atoms with van der Waals surface area (Å²) in [4.78, 5) is 23.0. The minimum atomic E-state index is -0.0174. The maximum Gasteiger partial charge on any atom is 0.309 e. The van der Waals surface area contributed by atoms with Gasteiger partial charge in [0.2, 0.25) is 0 Å². The number of carbonyl (C=O) groups is 2. The first-order valence-electron chi connectivity index (χ1n) is 6.87. The van der Waals surface area contributed by atoms with Crippen molar-refractivity contribution in [2.75, 3.05) is 0 Å². The Kier molecular flexibility index (Phi) is 4.19. The van der Waals surface area contributed by atoms with Crippen molar-refractivity contribution in [2.45, 2.75) is 64.4 Å². The monoisotopic (exact) mass is 238 g/mol. The lowest BCUT2D eigenvalue weighted by atomic mass is 9.83. The van der Waals surface area contributed by atoms with Crippen LogP contribution in [-0.4, -0.2) is 17.9 Å². The number of esters is 1. The van der Waals surface area contributed by atoms with Crippen LogP contribution in [0.2, 0.25) is 0 Å². The van der Waals surface area contributed by atoms with Crippen LogP contribution in [0.15, 0.2) is 0 Å². The Morgan fingerprint density at radius 2 is 1.65 bits per heavy atom. The number of rotatable bonds is 2. The molecule has 0 aromatic heterocycles. The molecule has 2 rings (SSSR count). The zero-order chi connectivity index (χ0) is 12.3. The molecule has 0 N–H and O–H groups in total. The van der Waals surface area contributed by atoms with Gasteiger partial charge in [0.25, 0.3) is 0 Å². The van der Waals surface area contributed by atoms with Gasteiger partial charge in [0.1, 0.15) is 11.9 Å². The van der Waals surface area contributed by atoms with Crippen molar-refractivity contribution in [3.05, 3.63) is 0 Å². The van der Waals surface area contributed by atoms with Crippen molar-refractivity contribution in [2.24, 2.45) is 11.8 Å². The van der Waals surface area contributed by atoms with Crippen LogP contribution < -0.4 is 0 Å². The van der Waals surface area contributed by atoms with Gasteiger partial charge in [0.05, 0.1) is 5.92 Å². The van der Waals surface area contributed by atoms with Gasteiger partial charge in [-0.1, -0.05) is 6.92 Å². The van der Waals surface area contributed by atoms with Crippen LogP contribution in [0.3, 0.4) is 0 Å². The van der Waals surface area contributed by atoms with E-state index in [0.717, 1.165) is 44.4 Å². The predicted octanol–water partition coefficient (Wildman–Crippen LogP) is 2.87. The Hall–Kier alpha value is -0.860. The smallest absolute Gasteiger partial charge is 0.309 e. The molecule has 17 heavy (non-hydrogen) atoms. The van der Waals surface area contributed by atoms with Crippen molar-refractivity contribution < 1.29 is 14.3 Å². The summed E-state index contributed by atoms with van der Waals surface area (Å²) in [6, 6.07) is 0. The first kappa shape index (κ1) is 12.6. The molecule has 0 aliphatic heterocycles. The summed E-state index contributed by atoms with van der Waals surface area (Å²) in [6.07, 6.45) is 6.86. The Labute approximate surface area is 103 Å². The minimum absolute atomic E-state index is 0.000417. The summed E-state index contributed by atoms with van der Waals surface area (Å²) in [5, 5.41) is 0. The second-order valence-electron chi connectivity index (χ2n) is 5.63. The van der Waals surface area contributed by atoms with Crippen LogP contribution >= 0.6 is 0 Å². The Morgan fingerprint density at radius 1 is 1.06 bits per heavy atom. The van der Waals surface area contributed by atoms with Gasteiger partial charge in [-0.15, -0.1) is 0 Å². The maximum atomic E-state index is 11.9. The Balaban J connectivity index is 1.75. The number of Topliss-reactive ketones (excluding diaryl/α,β-unsaturated/α-hetero) is 1. The highest BCUT2D eigenvalue weighted by molar-refractivity contribution is 5.79. The summed E-state index contributed by atoms with van der Waals surface area (Å²) in [7, 11) is 0. The van der Waals surface area contributed by atoms with Gasteiger partial charge in [-0.05, 0) is 44.4 Å². The molecule has 0 saturated heterocycles. The SMILES string of the molecule is CC1CCC(C(=O)OC2CCC(=O)CC2)CC1. The Morgan fingerprint density at radius 3 is 2.24 bits per heavy atom. The van der Waals surface area contributed by atoms with Gasteiger partial charge >= 0.3 is 5.97 Å². The van der Waals surface area contributed by atoms with E-state index in [0.29, 0.717) is 18.6 Å². The summed E-state index contributed by atoms with van der Waals surface area (Å²) in [6.45, 7) is 2.24. The molecule has 0 aromatic carbocycles. The molecule has 0 atom stereocenters. The second kappa shape index (κ2) is 5.65. The molecule has 0 unspecified atom stereocenters. The normalized spacial score (nSPS) is 31.2. The number of ketones is 1. The van der Waals surface area contributed by atoms with Crippen molar-refractivity contribution >= 4 is 11.8 Å². The first-order chi connectivity index (χ1) is 8.15. The van der Waals surface area contributed by atoms with E-state index in [1.807, 2.05) is 0 Å². The number of hydrogen-bond acceptors (Lipinski definition) is 3. The lowest BCUT2D eigenvalue weighted by molar-refractivity contribution is -0.158. The molecule has 0 bridgehead atoms. The molecular weight excluding hydrogens is 216 g/mol. The predicted molar refractivity (Wildman–Crippen MR) is 64.5 cm³/mol. The van der Waals surface area contributed by atoms with Crippen LogP contribution in [0.4, 0.5) is 0 Å². The highest BCUT2D eigenvalue weighted by Gasteiger charge is 2.29. The summed E-state index contributed by atoms with van der Waals surface area (Å²) in [5.74, 6) is 1.16. The van der Waals surface area contributed by atoms with Gasteiger partial charge in [-0.25, -0.2) is 0 Å². The zero-order valence-corrected chi connectivity index (χ0v) is 10.6. The highest BCUT2D eigenvalue weighted by Crippen LogP contribution is 2.30. The van der Waals surface area contributed by atoms with Crippen LogP contribution in [0.1, 0.15) is 58.3 Å². The quantitative estimate of drug-likeness (QED) is 0.695. The molecule has 0 heterocycles. The molecule has 0 spiro atoms.